The first-order chi connectivity index (χ1) is 10.6. The van der Waals surface area contributed by atoms with Gasteiger partial charge in [-0.2, -0.15) is 9.40 Å². The van der Waals surface area contributed by atoms with Crippen molar-refractivity contribution in [1.29, 1.82) is 0 Å². The van der Waals surface area contributed by atoms with Crippen LogP contribution >= 0.6 is 11.3 Å². The molecule has 1 aliphatic heterocycles. The molecule has 1 aliphatic rings. The summed E-state index contributed by atoms with van der Waals surface area (Å²) in [7, 11) is -3.43. The van der Waals surface area contributed by atoms with Crippen LogP contribution in [0.5, 0.6) is 0 Å². The Morgan fingerprint density at radius 1 is 1.05 bits per heavy atom. The lowest BCUT2D eigenvalue weighted by molar-refractivity contribution is 0.425. The van der Waals surface area contributed by atoms with Gasteiger partial charge in [-0.1, -0.05) is 12.8 Å². The van der Waals surface area contributed by atoms with Crippen molar-refractivity contribution in [3.63, 3.8) is 0 Å². The summed E-state index contributed by atoms with van der Waals surface area (Å²) >= 11 is 1.19. The van der Waals surface area contributed by atoms with Crippen LogP contribution in [0.1, 0.15) is 25.7 Å². The van der Waals surface area contributed by atoms with Crippen LogP contribution < -0.4 is 5.56 Å². The summed E-state index contributed by atoms with van der Waals surface area (Å²) in [6.45, 7) is 1.18. The van der Waals surface area contributed by atoms with Gasteiger partial charge in [-0.15, -0.1) is 11.3 Å². The smallest absolute Gasteiger partial charge is 0.264 e. The molecule has 118 valence electrons. The van der Waals surface area contributed by atoms with Gasteiger partial charge in [0.05, 0.1) is 4.88 Å². The van der Waals surface area contributed by atoms with Crippen molar-refractivity contribution in [2.75, 3.05) is 13.1 Å². The predicted molar refractivity (Wildman–Crippen MR) is 85.4 cm³/mol. The maximum Gasteiger partial charge on any atom is 0.264 e. The van der Waals surface area contributed by atoms with E-state index in [0.29, 0.717) is 23.0 Å². The van der Waals surface area contributed by atoms with E-state index in [1.165, 1.54) is 17.4 Å². The Bertz CT molecular complexity index is 782. The number of thiophene rings is 1. The second kappa shape index (κ2) is 6.31. The molecular weight excluding hydrogens is 322 g/mol. The molecule has 0 aliphatic carbocycles. The zero-order chi connectivity index (χ0) is 15.6. The topological polar surface area (TPSA) is 83.1 Å². The van der Waals surface area contributed by atoms with Crippen molar-refractivity contribution in [3.8, 4) is 10.6 Å². The van der Waals surface area contributed by atoms with Crippen LogP contribution in [-0.2, 0) is 10.0 Å². The molecule has 0 atom stereocenters. The normalized spacial score (nSPS) is 17.3. The molecule has 2 aromatic rings. The summed E-state index contributed by atoms with van der Waals surface area (Å²) < 4.78 is 27.3. The maximum absolute atomic E-state index is 12.7. The van der Waals surface area contributed by atoms with Crippen LogP contribution in [0, 0.1) is 0 Å². The third-order valence-corrected chi connectivity index (χ3v) is 7.15. The Hall–Kier alpha value is -1.51. The van der Waals surface area contributed by atoms with E-state index in [2.05, 4.69) is 10.2 Å². The average Bonchev–Trinajstić information content (AvgIpc) is 2.84. The number of rotatable bonds is 3. The molecule has 0 spiro atoms. The van der Waals surface area contributed by atoms with Gasteiger partial charge in [-0.05, 0) is 31.0 Å². The lowest BCUT2D eigenvalue weighted by atomic mass is 10.2. The van der Waals surface area contributed by atoms with Crippen molar-refractivity contribution in [2.24, 2.45) is 0 Å². The van der Waals surface area contributed by atoms with Gasteiger partial charge in [0.1, 0.15) is 9.90 Å². The molecule has 3 rings (SSSR count). The predicted octanol–water partition coefficient (Wildman–Crippen LogP) is 2.06. The van der Waals surface area contributed by atoms with Gasteiger partial charge in [0.2, 0.25) is 0 Å². The number of aromatic nitrogens is 2. The maximum atomic E-state index is 12.7. The molecule has 1 N–H and O–H groups in total. The molecule has 0 unspecified atom stereocenters. The van der Waals surface area contributed by atoms with E-state index >= 15 is 0 Å². The highest BCUT2D eigenvalue weighted by atomic mass is 32.2. The highest BCUT2D eigenvalue weighted by Gasteiger charge is 2.26. The molecule has 0 radical (unpaired) electrons. The monoisotopic (exact) mass is 339 g/mol. The Morgan fingerprint density at radius 2 is 1.77 bits per heavy atom. The second-order valence-corrected chi connectivity index (χ2v) is 8.49. The number of hydrogen-bond donors (Lipinski definition) is 1. The van der Waals surface area contributed by atoms with Gasteiger partial charge in [0, 0.05) is 19.2 Å². The van der Waals surface area contributed by atoms with Gasteiger partial charge in [-0.3, -0.25) is 4.79 Å². The zero-order valence-corrected chi connectivity index (χ0v) is 13.6. The van der Waals surface area contributed by atoms with E-state index in [9.17, 15) is 13.2 Å². The highest BCUT2D eigenvalue weighted by molar-refractivity contribution is 7.91. The third kappa shape index (κ3) is 3.13. The van der Waals surface area contributed by atoms with Crippen LogP contribution in [0.25, 0.3) is 10.6 Å². The molecule has 0 aromatic carbocycles. The standard InChI is InChI=1S/C14H17N3O3S2/c18-13-7-5-11(15-16-13)12-6-8-14(21-12)22(19,20)17-9-3-1-2-4-10-17/h5-8H,1-4,9-10H2,(H,16,18). The summed E-state index contributed by atoms with van der Waals surface area (Å²) in [5.41, 5.74) is 0.291. The Labute approximate surface area is 132 Å². The van der Waals surface area contributed by atoms with Crippen molar-refractivity contribution in [2.45, 2.75) is 29.9 Å². The number of sulfonamides is 1. The van der Waals surface area contributed by atoms with Crippen molar-refractivity contribution >= 4 is 21.4 Å². The average molecular weight is 339 g/mol. The number of hydrogen-bond acceptors (Lipinski definition) is 5. The number of aromatic amines is 1. The summed E-state index contributed by atoms with van der Waals surface area (Å²) in [5, 5.41) is 6.30. The molecule has 1 fully saturated rings. The fraction of sp³-hybridized carbons (Fsp3) is 0.429. The first-order valence-electron chi connectivity index (χ1n) is 7.23. The van der Waals surface area contributed by atoms with E-state index in [1.54, 1.807) is 22.5 Å². The summed E-state index contributed by atoms with van der Waals surface area (Å²) in [6, 6.07) is 6.32. The van der Waals surface area contributed by atoms with Gasteiger partial charge in [0.25, 0.3) is 15.6 Å². The molecule has 3 heterocycles. The number of H-pyrrole nitrogens is 1. The molecule has 2 aromatic heterocycles. The molecule has 0 amide bonds. The van der Waals surface area contributed by atoms with Gasteiger partial charge in [0.15, 0.2) is 0 Å². The summed E-state index contributed by atoms with van der Waals surface area (Å²) in [6.07, 6.45) is 4.00. The molecule has 8 heteroatoms. The largest absolute Gasteiger partial charge is 0.268 e. The number of nitrogens with zero attached hydrogens (tertiary/aromatic N) is 2. The van der Waals surface area contributed by atoms with Crippen LogP contribution in [0.4, 0.5) is 0 Å². The Kier molecular flexibility index (Phi) is 4.42. The number of nitrogens with one attached hydrogen (secondary N) is 1. The minimum atomic E-state index is -3.43. The van der Waals surface area contributed by atoms with Crippen LogP contribution in [0.3, 0.4) is 0 Å². The first kappa shape index (κ1) is 15.4. The molecule has 0 bridgehead atoms. The van der Waals surface area contributed by atoms with E-state index in [4.69, 9.17) is 0 Å². The van der Waals surface area contributed by atoms with E-state index in [0.717, 1.165) is 30.6 Å². The second-order valence-electron chi connectivity index (χ2n) is 5.24. The Morgan fingerprint density at radius 3 is 2.41 bits per heavy atom. The third-order valence-electron chi connectivity index (χ3n) is 3.67. The molecular formula is C14H17N3O3S2. The van der Waals surface area contributed by atoms with E-state index in [1.807, 2.05) is 0 Å². The van der Waals surface area contributed by atoms with Crippen LogP contribution in [-0.4, -0.2) is 36.0 Å². The summed E-state index contributed by atoms with van der Waals surface area (Å²) in [5.74, 6) is 0. The fourth-order valence-corrected chi connectivity index (χ4v) is 5.43. The SMILES string of the molecule is O=c1ccc(-c2ccc(S(=O)(=O)N3CCCCCC3)s2)n[nH]1. The fourth-order valence-electron chi connectivity index (χ4n) is 2.49. The van der Waals surface area contributed by atoms with Crippen molar-refractivity contribution in [3.05, 3.63) is 34.6 Å². The van der Waals surface area contributed by atoms with Crippen LogP contribution in [0.15, 0.2) is 33.3 Å². The minimum Gasteiger partial charge on any atom is -0.268 e. The van der Waals surface area contributed by atoms with Gasteiger partial charge in [-0.25, -0.2) is 13.5 Å². The minimum absolute atomic E-state index is 0.280. The zero-order valence-electron chi connectivity index (χ0n) is 12.0. The highest BCUT2D eigenvalue weighted by Crippen LogP contribution is 2.31. The van der Waals surface area contributed by atoms with E-state index < -0.39 is 10.0 Å². The molecule has 1 saturated heterocycles. The molecule has 22 heavy (non-hydrogen) atoms. The lowest BCUT2D eigenvalue weighted by Crippen LogP contribution is -2.31. The Balaban J connectivity index is 1.88. The molecule has 6 nitrogen and oxygen atoms in total. The van der Waals surface area contributed by atoms with Gasteiger partial charge < -0.3 is 0 Å². The van der Waals surface area contributed by atoms with Crippen molar-refractivity contribution < 1.29 is 8.42 Å². The van der Waals surface area contributed by atoms with Crippen molar-refractivity contribution in [1.82, 2.24) is 14.5 Å². The van der Waals surface area contributed by atoms with Gasteiger partial charge >= 0.3 is 0 Å². The lowest BCUT2D eigenvalue weighted by Gasteiger charge is -2.18. The van der Waals surface area contributed by atoms with Crippen LogP contribution in [0.2, 0.25) is 0 Å². The molecule has 0 saturated carbocycles. The van der Waals surface area contributed by atoms with E-state index in [-0.39, 0.29) is 5.56 Å². The summed E-state index contributed by atoms with van der Waals surface area (Å²) in [4.78, 5) is 11.8. The quantitative estimate of drug-likeness (QED) is 0.928. The first-order valence-corrected chi connectivity index (χ1v) is 9.49.